The highest BCUT2D eigenvalue weighted by molar-refractivity contribution is 6.31. The van der Waals surface area contributed by atoms with Crippen LogP contribution in [0.3, 0.4) is 0 Å². The third-order valence-electron chi connectivity index (χ3n) is 6.96. The minimum Gasteiger partial charge on any atom is -0.334 e. The lowest BCUT2D eigenvalue weighted by atomic mass is 9.86. The van der Waals surface area contributed by atoms with E-state index in [4.69, 9.17) is 17.0 Å². The zero-order chi connectivity index (χ0) is 25.6. The molecule has 0 bridgehead atoms. The van der Waals surface area contributed by atoms with Gasteiger partial charge in [-0.3, -0.25) is 10.2 Å². The topological polar surface area (TPSA) is 54.0 Å². The van der Waals surface area contributed by atoms with Crippen LogP contribution in [0, 0.1) is 25.1 Å². The summed E-state index contributed by atoms with van der Waals surface area (Å²) in [6, 6.07) is 14.7. The number of imidazole rings is 1. The maximum absolute atomic E-state index is 13.9. The van der Waals surface area contributed by atoms with Crippen LogP contribution in [0.4, 0.5) is 4.39 Å². The maximum atomic E-state index is 13.9. The molecule has 0 radical (unpaired) electrons. The largest absolute Gasteiger partial charge is 0.334 e. The number of aromatic nitrogens is 2. The molecule has 0 saturated heterocycles. The van der Waals surface area contributed by atoms with Gasteiger partial charge >= 0.3 is 0 Å². The molecule has 1 aliphatic heterocycles. The molecule has 1 amide bonds. The summed E-state index contributed by atoms with van der Waals surface area (Å²) in [5.41, 5.74) is 7.70. The normalized spacial score (nSPS) is 13.2. The molecule has 3 aromatic carbocycles. The van der Waals surface area contributed by atoms with Gasteiger partial charge in [0, 0.05) is 43.1 Å². The predicted molar refractivity (Wildman–Crippen MR) is 140 cm³/mol. The Balaban J connectivity index is 1.58. The lowest BCUT2D eigenvalue weighted by Crippen LogP contribution is -2.37. The Labute approximate surface area is 214 Å². The second kappa shape index (κ2) is 9.43. The third kappa shape index (κ3) is 4.49. The van der Waals surface area contributed by atoms with Crippen molar-refractivity contribution in [2.24, 2.45) is 7.05 Å². The number of benzene rings is 3. The van der Waals surface area contributed by atoms with Gasteiger partial charge in [0.1, 0.15) is 5.82 Å². The van der Waals surface area contributed by atoms with Gasteiger partial charge in [-0.05, 0) is 89.5 Å². The van der Waals surface area contributed by atoms with E-state index in [9.17, 15) is 9.18 Å². The van der Waals surface area contributed by atoms with E-state index in [2.05, 4.69) is 6.07 Å². The first-order chi connectivity index (χ1) is 17.2. The number of nitrogens with zero attached hydrogens (tertiary/aromatic N) is 3. The molecule has 1 aliphatic rings. The van der Waals surface area contributed by atoms with Gasteiger partial charge in [-0.1, -0.05) is 29.8 Å². The lowest BCUT2D eigenvalue weighted by molar-refractivity contribution is 0.0727. The van der Waals surface area contributed by atoms with Crippen LogP contribution in [-0.2, 0) is 26.6 Å². The number of hydrogen-bond donors (Lipinski definition) is 1. The number of carbonyl (C=O) groups is 1. The fourth-order valence-electron chi connectivity index (χ4n) is 5.00. The average molecular weight is 503 g/mol. The van der Waals surface area contributed by atoms with Gasteiger partial charge in [-0.2, -0.15) is 0 Å². The summed E-state index contributed by atoms with van der Waals surface area (Å²) in [6.45, 7) is 5.43. The van der Waals surface area contributed by atoms with Crippen molar-refractivity contribution in [2.45, 2.75) is 33.4 Å². The molecule has 184 valence electrons. The SMILES string of the molecule is Cc1cc(CN2CCc3c(cc(Cn4ccn(C)c4=N)cc3-c3ccc(F)cc3C)C2=O)ccc1Cl. The molecule has 0 spiro atoms. The molecule has 7 heteroatoms. The van der Waals surface area contributed by atoms with Gasteiger partial charge < -0.3 is 14.0 Å². The highest BCUT2D eigenvalue weighted by Gasteiger charge is 2.28. The van der Waals surface area contributed by atoms with Crippen molar-refractivity contribution < 1.29 is 9.18 Å². The predicted octanol–water partition coefficient (Wildman–Crippen LogP) is 5.63. The summed E-state index contributed by atoms with van der Waals surface area (Å²) in [5.74, 6) is -0.295. The molecule has 2 heterocycles. The van der Waals surface area contributed by atoms with Crippen LogP contribution in [0.2, 0.25) is 5.02 Å². The van der Waals surface area contributed by atoms with Crippen molar-refractivity contribution in [2.75, 3.05) is 6.54 Å². The van der Waals surface area contributed by atoms with Gasteiger partial charge in [0.25, 0.3) is 5.91 Å². The molecule has 0 unspecified atom stereocenters. The van der Waals surface area contributed by atoms with Crippen molar-refractivity contribution in [3.63, 3.8) is 0 Å². The molecule has 1 N–H and O–H groups in total. The number of nitrogens with one attached hydrogen (secondary N) is 1. The van der Waals surface area contributed by atoms with Crippen LogP contribution in [0.1, 0.15) is 38.2 Å². The molecular weight excluding hydrogens is 475 g/mol. The minimum atomic E-state index is -0.277. The Morgan fingerprint density at radius 2 is 1.69 bits per heavy atom. The number of fused-ring (bicyclic) bond motifs is 1. The van der Waals surface area contributed by atoms with E-state index in [0.717, 1.165) is 38.9 Å². The van der Waals surface area contributed by atoms with E-state index in [0.29, 0.717) is 42.3 Å². The van der Waals surface area contributed by atoms with E-state index < -0.39 is 0 Å². The van der Waals surface area contributed by atoms with E-state index in [1.807, 2.05) is 67.0 Å². The fourth-order valence-corrected chi connectivity index (χ4v) is 5.11. The number of hydrogen-bond acceptors (Lipinski definition) is 2. The fraction of sp³-hybridized carbons (Fsp3) is 0.241. The van der Waals surface area contributed by atoms with Gasteiger partial charge in [-0.25, -0.2) is 4.39 Å². The number of rotatable bonds is 5. The van der Waals surface area contributed by atoms with Crippen LogP contribution in [-0.4, -0.2) is 26.5 Å². The number of aryl methyl sites for hydroxylation is 3. The lowest BCUT2D eigenvalue weighted by Gasteiger charge is -2.31. The molecule has 36 heavy (non-hydrogen) atoms. The van der Waals surface area contributed by atoms with Crippen LogP contribution in [0.5, 0.6) is 0 Å². The molecule has 1 aromatic heterocycles. The second-order valence-corrected chi connectivity index (χ2v) is 9.96. The van der Waals surface area contributed by atoms with Gasteiger partial charge in [0.15, 0.2) is 0 Å². The van der Waals surface area contributed by atoms with Crippen LogP contribution in [0.25, 0.3) is 11.1 Å². The second-order valence-electron chi connectivity index (χ2n) is 9.55. The van der Waals surface area contributed by atoms with E-state index in [1.54, 1.807) is 10.6 Å². The number of carbonyl (C=O) groups excluding carboxylic acids is 1. The quantitative estimate of drug-likeness (QED) is 0.378. The Morgan fingerprint density at radius 1 is 0.917 bits per heavy atom. The highest BCUT2D eigenvalue weighted by Crippen LogP contribution is 2.34. The number of amides is 1. The molecule has 4 aromatic rings. The molecule has 5 nitrogen and oxygen atoms in total. The first-order valence-electron chi connectivity index (χ1n) is 11.9. The van der Waals surface area contributed by atoms with Gasteiger partial charge in [0.05, 0.1) is 6.54 Å². The van der Waals surface area contributed by atoms with Crippen molar-refractivity contribution in [1.82, 2.24) is 14.0 Å². The van der Waals surface area contributed by atoms with E-state index >= 15 is 0 Å². The molecule has 0 atom stereocenters. The van der Waals surface area contributed by atoms with Crippen LogP contribution >= 0.6 is 11.6 Å². The summed E-state index contributed by atoms with van der Waals surface area (Å²) < 4.78 is 17.5. The molecule has 0 saturated carbocycles. The summed E-state index contributed by atoms with van der Waals surface area (Å²) in [5, 5.41) is 9.03. The summed E-state index contributed by atoms with van der Waals surface area (Å²) in [7, 11) is 1.83. The van der Waals surface area contributed by atoms with Gasteiger partial charge in [-0.15, -0.1) is 0 Å². The summed E-state index contributed by atoms with van der Waals surface area (Å²) in [6.07, 6.45) is 4.41. The highest BCUT2D eigenvalue weighted by atomic mass is 35.5. The molecular formula is C29H28ClFN4O. The smallest absolute Gasteiger partial charge is 0.254 e. The van der Waals surface area contributed by atoms with Crippen molar-refractivity contribution >= 4 is 17.5 Å². The average Bonchev–Trinajstić information content (AvgIpc) is 3.15. The standard InChI is InChI=1S/C29H28ClFN4O/c1-18-13-22(31)5-6-23(18)25-14-21(17-35-11-10-33(3)29(35)32)15-26-24(25)8-9-34(28(26)36)16-20-4-7-27(30)19(2)12-20/h4-7,10-15,32H,8-9,16-17H2,1-3H3. The zero-order valence-electron chi connectivity index (χ0n) is 20.6. The Kier molecular flexibility index (Phi) is 6.31. The van der Waals surface area contributed by atoms with Gasteiger partial charge in [0.2, 0.25) is 5.62 Å². The monoisotopic (exact) mass is 502 g/mol. The van der Waals surface area contributed by atoms with Crippen molar-refractivity contribution in [3.05, 3.63) is 111 Å². The molecule has 0 aliphatic carbocycles. The minimum absolute atomic E-state index is 0.0177. The third-order valence-corrected chi connectivity index (χ3v) is 7.39. The Hall–Kier alpha value is -3.64. The van der Waals surface area contributed by atoms with Crippen LogP contribution in [0.15, 0.2) is 60.9 Å². The Morgan fingerprint density at radius 3 is 2.39 bits per heavy atom. The first-order valence-corrected chi connectivity index (χ1v) is 12.3. The Bertz CT molecular complexity index is 1550. The molecule has 5 rings (SSSR count). The zero-order valence-corrected chi connectivity index (χ0v) is 21.4. The van der Waals surface area contributed by atoms with Crippen LogP contribution < -0.4 is 5.62 Å². The van der Waals surface area contributed by atoms with E-state index in [1.165, 1.54) is 12.1 Å². The van der Waals surface area contributed by atoms with Crippen molar-refractivity contribution in [1.29, 1.82) is 5.41 Å². The maximum Gasteiger partial charge on any atom is 0.254 e. The summed E-state index contributed by atoms with van der Waals surface area (Å²) in [4.78, 5) is 15.6. The summed E-state index contributed by atoms with van der Waals surface area (Å²) >= 11 is 6.19. The van der Waals surface area contributed by atoms with E-state index in [-0.39, 0.29) is 11.7 Å². The number of halogens is 2. The van der Waals surface area contributed by atoms with Crippen molar-refractivity contribution in [3.8, 4) is 11.1 Å². The first kappa shape index (κ1) is 24.1. The molecule has 0 fully saturated rings.